The second-order valence-corrected chi connectivity index (χ2v) is 15.7. The first-order valence-corrected chi connectivity index (χ1v) is 21.3. The molecule has 1 heterocycles. The first-order valence-electron chi connectivity index (χ1n) is 21.3. The zero-order valence-electron chi connectivity index (χ0n) is 36.0. The number of anilines is 1. The van der Waals surface area contributed by atoms with Gasteiger partial charge in [0.15, 0.2) is 0 Å². The van der Waals surface area contributed by atoms with Crippen molar-refractivity contribution in [1.82, 2.24) is 4.90 Å². The molecule has 14 heteroatoms. The third kappa shape index (κ3) is 9.60. The largest absolute Gasteiger partial charge is 0.497 e. The number of nitrogens with one attached hydrogen (secondary N) is 1. The van der Waals surface area contributed by atoms with Crippen LogP contribution in [0.5, 0.6) is 23.0 Å². The van der Waals surface area contributed by atoms with E-state index in [-0.39, 0.29) is 55.7 Å². The SMILES string of the molecule is C=CCO[C@@]12Oc3ccc(OC(=O)Nc4ccc(OC)cc4OC)cc3[C@H]3[C@H](CCCCO)[C@@H](CCCCO)C=C(C(=NOC)C[C@@H]1N(CCC)C(=O)c1ccc(C#N)cc1)[C@H]32. The van der Waals surface area contributed by atoms with Crippen molar-refractivity contribution in [3.63, 3.8) is 0 Å². The van der Waals surface area contributed by atoms with E-state index in [2.05, 4.69) is 29.2 Å². The summed E-state index contributed by atoms with van der Waals surface area (Å²) in [5, 5.41) is 36.7. The first-order chi connectivity index (χ1) is 30.2. The highest BCUT2D eigenvalue weighted by Gasteiger charge is 2.65. The fourth-order valence-corrected chi connectivity index (χ4v) is 9.46. The number of hydrogen-bond donors (Lipinski definition) is 3. The summed E-state index contributed by atoms with van der Waals surface area (Å²) in [7, 11) is 4.55. The molecule has 0 radical (unpaired) electrons. The summed E-state index contributed by atoms with van der Waals surface area (Å²) in [6.45, 7) is 6.59. The fraction of sp³-hybridized carbons (Fsp3) is 0.458. The van der Waals surface area contributed by atoms with Crippen LogP contribution in [0.1, 0.15) is 85.7 Å². The number of methoxy groups -OCH3 is 2. The van der Waals surface area contributed by atoms with Crippen molar-refractivity contribution in [3.8, 4) is 29.1 Å². The van der Waals surface area contributed by atoms with Crippen molar-refractivity contribution in [2.24, 2.45) is 22.9 Å². The van der Waals surface area contributed by atoms with Gasteiger partial charge in [0.05, 0.1) is 49.8 Å². The lowest BCUT2D eigenvalue weighted by Gasteiger charge is -2.60. The maximum atomic E-state index is 14.8. The number of allylic oxidation sites excluding steroid dienone is 1. The predicted octanol–water partition coefficient (Wildman–Crippen LogP) is 8.00. The third-order valence-electron chi connectivity index (χ3n) is 12.1. The van der Waals surface area contributed by atoms with Crippen molar-refractivity contribution in [3.05, 3.63) is 102 Å². The molecule has 0 aromatic heterocycles. The van der Waals surface area contributed by atoms with Gasteiger partial charge in [-0.2, -0.15) is 5.26 Å². The number of benzene rings is 3. The normalized spacial score (nSPS) is 22.8. The number of ether oxygens (including phenoxy) is 5. The summed E-state index contributed by atoms with van der Waals surface area (Å²) in [6.07, 6.45) is 8.34. The van der Waals surface area contributed by atoms with E-state index in [1.54, 1.807) is 72.7 Å². The highest BCUT2D eigenvalue weighted by atomic mass is 16.7. The van der Waals surface area contributed by atoms with Crippen molar-refractivity contribution in [2.45, 2.75) is 76.0 Å². The van der Waals surface area contributed by atoms with Crippen LogP contribution in [0.15, 0.2) is 90.1 Å². The standard InChI is InChI=1S/C48H58N4O10/c1-6-22-52(46(55)32-16-14-31(30-49)15-17-32)43-29-40(51-59-5)37-26-33(12-8-10-23-53)36(13-9-11-24-54)44-38-27-35(19-21-41(38)62-48(43,45(37)44)60-25-7-2)61-47(56)50-39-20-18-34(57-3)28-42(39)58-4/h7,14-21,26-28,33,36,43-45,53-54H,2,6,8-13,22-25,29H2,1,3-5H3,(H,50,56)/t33-,36+,43-,44+,45+,48+/m0/s1. The molecule has 3 N–H and O–H groups in total. The molecule has 2 aliphatic carbocycles. The number of hydrogen-bond acceptors (Lipinski definition) is 12. The van der Waals surface area contributed by atoms with E-state index in [0.717, 1.165) is 36.8 Å². The van der Waals surface area contributed by atoms with E-state index >= 15 is 0 Å². The predicted molar refractivity (Wildman–Crippen MR) is 234 cm³/mol. The molecule has 1 aliphatic heterocycles. The number of rotatable bonds is 20. The Hall–Kier alpha value is -5.88. The molecule has 6 atom stereocenters. The zero-order chi connectivity index (χ0) is 44.2. The molecule has 0 unspecified atom stereocenters. The van der Waals surface area contributed by atoms with Gasteiger partial charge in [-0.1, -0.05) is 37.1 Å². The Kier molecular flexibility index (Phi) is 15.7. The summed E-state index contributed by atoms with van der Waals surface area (Å²) in [6, 6.07) is 18.3. The van der Waals surface area contributed by atoms with Gasteiger partial charge in [0.1, 0.15) is 36.1 Å². The Morgan fingerprint density at radius 2 is 1.74 bits per heavy atom. The number of oxime groups is 1. The Bertz CT molecular complexity index is 2150. The Morgan fingerprint density at radius 1 is 1.00 bits per heavy atom. The first kappa shape index (κ1) is 45.6. The van der Waals surface area contributed by atoms with Gasteiger partial charge in [0.2, 0.25) is 5.79 Å². The van der Waals surface area contributed by atoms with Gasteiger partial charge in [-0.25, -0.2) is 4.79 Å². The highest BCUT2D eigenvalue weighted by Crippen LogP contribution is 2.62. The molecule has 0 saturated heterocycles. The topological polar surface area (TPSA) is 181 Å². The number of nitrogens with zero attached hydrogens (tertiary/aromatic N) is 3. The summed E-state index contributed by atoms with van der Waals surface area (Å²) in [5.41, 5.74) is 3.59. The fourth-order valence-electron chi connectivity index (χ4n) is 9.46. The van der Waals surface area contributed by atoms with Crippen LogP contribution in [0.4, 0.5) is 10.5 Å². The van der Waals surface area contributed by atoms with Crippen LogP contribution >= 0.6 is 0 Å². The average Bonchev–Trinajstić information content (AvgIpc) is 3.29. The van der Waals surface area contributed by atoms with Gasteiger partial charge in [0, 0.05) is 49.3 Å². The summed E-state index contributed by atoms with van der Waals surface area (Å²) >= 11 is 0. The van der Waals surface area contributed by atoms with Crippen molar-refractivity contribution in [2.75, 3.05) is 53.0 Å². The van der Waals surface area contributed by atoms with E-state index in [9.17, 15) is 25.1 Å². The minimum absolute atomic E-state index is 0.0144. The van der Waals surface area contributed by atoms with Crippen LogP contribution < -0.4 is 24.3 Å². The van der Waals surface area contributed by atoms with Gasteiger partial charge in [-0.05, 0) is 104 Å². The van der Waals surface area contributed by atoms with E-state index in [1.807, 2.05) is 13.0 Å². The second-order valence-electron chi connectivity index (χ2n) is 15.7. The number of amides is 2. The average molecular weight is 851 g/mol. The monoisotopic (exact) mass is 850 g/mol. The van der Waals surface area contributed by atoms with Crippen LogP contribution in [0, 0.1) is 29.1 Å². The molecule has 0 spiro atoms. The molecular formula is C48H58N4O10. The number of carbonyl (C=O) groups excluding carboxylic acids is 2. The van der Waals surface area contributed by atoms with E-state index in [1.165, 1.54) is 14.2 Å². The van der Waals surface area contributed by atoms with Crippen LogP contribution in [0.3, 0.4) is 0 Å². The molecular weight excluding hydrogens is 793 g/mol. The van der Waals surface area contributed by atoms with Crippen molar-refractivity contribution in [1.29, 1.82) is 5.26 Å². The number of fused-ring (bicyclic) bond motifs is 2. The Morgan fingerprint density at radius 3 is 2.40 bits per heavy atom. The number of aliphatic hydroxyl groups excluding tert-OH is 2. The van der Waals surface area contributed by atoms with Crippen molar-refractivity contribution >= 4 is 23.4 Å². The van der Waals surface area contributed by atoms with Crippen molar-refractivity contribution < 1.29 is 48.3 Å². The molecule has 3 aromatic rings. The lowest BCUT2D eigenvalue weighted by atomic mass is 9.55. The minimum atomic E-state index is -1.46. The lowest BCUT2D eigenvalue weighted by molar-refractivity contribution is -0.254. The van der Waals surface area contributed by atoms with E-state index in [0.29, 0.717) is 65.6 Å². The summed E-state index contributed by atoms with van der Waals surface area (Å²) in [5.74, 6) is -0.852. The van der Waals surface area contributed by atoms with Crippen LogP contribution in [0.2, 0.25) is 0 Å². The summed E-state index contributed by atoms with van der Waals surface area (Å²) < 4.78 is 31.0. The Labute approximate surface area is 363 Å². The smallest absolute Gasteiger partial charge is 0.417 e. The van der Waals surface area contributed by atoms with Gasteiger partial charge >= 0.3 is 6.09 Å². The van der Waals surface area contributed by atoms with Gasteiger partial charge < -0.3 is 43.6 Å². The zero-order valence-corrected chi connectivity index (χ0v) is 36.0. The third-order valence-corrected chi connectivity index (χ3v) is 12.1. The lowest BCUT2D eigenvalue weighted by Crippen LogP contribution is -2.70. The van der Waals surface area contributed by atoms with Crippen LogP contribution in [-0.4, -0.2) is 92.3 Å². The number of carbonyl (C=O) groups is 2. The molecule has 2 amide bonds. The molecule has 0 bridgehead atoms. The molecule has 14 nitrogen and oxygen atoms in total. The molecule has 1 fully saturated rings. The molecule has 330 valence electrons. The molecule has 3 aliphatic rings. The number of aliphatic hydroxyl groups is 2. The highest BCUT2D eigenvalue weighted by molar-refractivity contribution is 6.03. The van der Waals surface area contributed by atoms with E-state index in [4.69, 9.17) is 28.5 Å². The van der Waals surface area contributed by atoms with Crippen LogP contribution in [0.25, 0.3) is 0 Å². The quantitative estimate of drug-likeness (QED) is 0.0569. The van der Waals surface area contributed by atoms with Gasteiger partial charge in [0.25, 0.3) is 5.91 Å². The molecule has 1 saturated carbocycles. The number of unbranched alkanes of at least 4 members (excludes halogenated alkanes) is 2. The minimum Gasteiger partial charge on any atom is -0.497 e. The molecule has 62 heavy (non-hydrogen) atoms. The maximum Gasteiger partial charge on any atom is 0.417 e. The molecule has 6 rings (SSSR count). The number of nitriles is 1. The van der Waals surface area contributed by atoms with E-state index < -0.39 is 23.8 Å². The second kappa shape index (κ2) is 21.3. The van der Waals surface area contributed by atoms with Crippen LogP contribution in [-0.2, 0) is 9.57 Å². The maximum absolute atomic E-state index is 14.8. The molecule has 3 aromatic carbocycles. The summed E-state index contributed by atoms with van der Waals surface area (Å²) in [4.78, 5) is 35.7. The Balaban J connectivity index is 1.53. The van der Waals surface area contributed by atoms with Gasteiger partial charge in [-0.15, -0.1) is 6.58 Å². The van der Waals surface area contributed by atoms with Gasteiger partial charge in [-0.3, -0.25) is 10.1 Å².